The summed E-state index contributed by atoms with van der Waals surface area (Å²) in [7, 11) is 0. The van der Waals surface area contributed by atoms with E-state index >= 15 is 0 Å². The third-order valence-corrected chi connectivity index (χ3v) is 7.98. The smallest absolute Gasteiger partial charge is 0.167 e. The second-order valence-electron chi connectivity index (χ2n) is 10.0. The summed E-state index contributed by atoms with van der Waals surface area (Å²) in [5.41, 5.74) is 4.21. The minimum atomic E-state index is 0.191. The Kier molecular flexibility index (Phi) is 4.21. The molecule has 0 amide bonds. The Balaban J connectivity index is 1.39. The van der Waals surface area contributed by atoms with Gasteiger partial charge in [-0.15, -0.1) is 0 Å². The number of benzene rings is 7. The van der Waals surface area contributed by atoms with Gasteiger partial charge in [0, 0.05) is 12.0 Å². The number of ketones is 1. The van der Waals surface area contributed by atoms with Crippen LogP contribution in [0.3, 0.4) is 0 Å². The van der Waals surface area contributed by atoms with Crippen molar-refractivity contribution in [3.05, 3.63) is 138 Å². The molecule has 1 nitrogen and oxygen atoms in total. The minimum Gasteiger partial charge on any atom is -0.294 e. The first-order valence-corrected chi connectivity index (χ1v) is 12.8. The van der Waals surface area contributed by atoms with Crippen LogP contribution in [0.25, 0.3) is 59.4 Å². The van der Waals surface area contributed by atoms with Gasteiger partial charge in [-0.2, -0.15) is 0 Å². The van der Waals surface area contributed by atoms with Crippen LogP contribution in [0.4, 0.5) is 0 Å². The second kappa shape index (κ2) is 7.62. The molecule has 1 aliphatic rings. The largest absolute Gasteiger partial charge is 0.294 e. The lowest BCUT2D eigenvalue weighted by Crippen LogP contribution is -2.09. The van der Waals surface area contributed by atoms with E-state index in [2.05, 4.69) is 121 Å². The molecule has 37 heavy (non-hydrogen) atoms. The highest BCUT2D eigenvalue weighted by Crippen LogP contribution is 2.40. The van der Waals surface area contributed by atoms with Crippen LogP contribution in [0.2, 0.25) is 0 Å². The van der Waals surface area contributed by atoms with Gasteiger partial charge in [0.1, 0.15) is 0 Å². The first-order valence-electron chi connectivity index (χ1n) is 12.8. The van der Waals surface area contributed by atoms with E-state index in [0.717, 1.165) is 32.9 Å². The molecule has 7 aromatic carbocycles. The summed E-state index contributed by atoms with van der Waals surface area (Å²) in [4.78, 5) is 13.3. The lowest BCUT2D eigenvalue weighted by atomic mass is 9.81. The highest BCUT2D eigenvalue weighted by molar-refractivity contribution is 6.20. The van der Waals surface area contributed by atoms with E-state index in [1.807, 2.05) is 0 Å². The van der Waals surface area contributed by atoms with Crippen LogP contribution in [0.1, 0.15) is 27.9 Å². The summed E-state index contributed by atoms with van der Waals surface area (Å²) in [6, 6.07) is 41.2. The van der Waals surface area contributed by atoms with Crippen molar-refractivity contribution in [1.29, 1.82) is 0 Å². The minimum absolute atomic E-state index is 0.191. The standard InChI is InChI=1S/C36H22O/c37-35-17-16-31(32-15-13-27-19-23-7-2-4-9-25(23)21-34(27)36(32)35)28-10-5-11-29-30(28)14-12-26-18-22-6-1-3-8-24(22)20-33(26)29/h1-16,18-21H,17H2. The van der Waals surface area contributed by atoms with Crippen LogP contribution < -0.4 is 0 Å². The first-order chi connectivity index (χ1) is 18.2. The van der Waals surface area contributed by atoms with Gasteiger partial charge in [-0.3, -0.25) is 4.79 Å². The normalized spacial score (nSPS) is 13.5. The molecule has 1 heteroatoms. The van der Waals surface area contributed by atoms with Crippen LogP contribution in [0, 0.1) is 0 Å². The molecular formula is C36H22O. The molecule has 0 fully saturated rings. The highest BCUT2D eigenvalue weighted by atomic mass is 16.1. The molecule has 1 aliphatic carbocycles. The Labute approximate surface area is 214 Å². The van der Waals surface area contributed by atoms with Gasteiger partial charge in [0.05, 0.1) is 0 Å². The zero-order chi connectivity index (χ0) is 24.5. The number of carbonyl (C=O) groups is 1. The molecule has 0 radical (unpaired) electrons. The average Bonchev–Trinajstić information content (AvgIpc) is 2.94. The van der Waals surface area contributed by atoms with E-state index in [1.165, 1.54) is 43.3 Å². The summed E-state index contributed by atoms with van der Waals surface area (Å²) in [5, 5.41) is 12.0. The fraction of sp³-hybridized carbons (Fsp3) is 0.0278. The number of fused-ring (bicyclic) bond motifs is 8. The Morgan fingerprint density at radius 3 is 1.78 bits per heavy atom. The van der Waals surface area contributed by atoms with Gasteiger partial charge in [-0.05, 0) is 94.8 Å². The second-order valence-corrected chi connectivity index (χ2v) is 10.0. The number of hydrogen-bond acceptors (Lipinski definition) is 1. The molecule has 0 spiro atoms. The molecule has 0 aliphatic heterocycles. The third-order valence-electron chi connectivity index (χ3n) is 7.98. The van der Waals surface area contributed by atoms with Gasteiger partial charge in [0.15, 0.2) is 5.78 Å². The van der Waals surface area contributed by atoms with Gasteiger partial charge in [0.25, 0.3) is 0 Å². The van der Waals surface area contributed by atoms with Crippen LogP contribution in [-0.2, 0) is 0 Å². The molecule has 0 saturated carbocycles. The van der Waals surface area contributed by atoms with Gasteiger partial charge < -0.3 is 0 Å². The zero-order valence-corrected chi connectivity index (χ0v) is 20.2. The van der Waals surface area contributed by atoms with Crippen molar-refractivity contribution in [3.63, 3.8) is 0 Å². The maximum absolute atomic E-state index is 13.3. The number of rotatable bonds is 1. The van der Waals surface area contributed by atoms with Crippen molar-refractivity contribution in [3.8, 4) is 0 Å². The topological polar surface area (TPSA) is 17.1 Å². The van der Waals surface area contributed by atoms with Crippen LogP contribution in [-0.4, -0.2) is 5.78 Å². The summed E-state index contributed by atoms with van der Waals surface area (Å²) < 4.78 is 0. The van der Waals surface area contributed by atoms with Crippen molar-refractivity contribution in [1.82, 2.24) is 0 Å². The van der Waals surface area contributed by atoms with E-state index in [1.54, 1.807) is 0 Å². The lowest BCUT2D eigenvalue weighted by Gasteiger charge is -2.21. The van der Waals surface area contributed by atoms with Crippen LogP contribution in [0.5, 0.6) is 0 Å². The zero-order valence-electron chi connectivity index (χ0n) is 20.2. The molecule has 172 valence electrons. The molecule has 0 bridgehead atoms. The monoisotopic (exact) mass is 470 g/mol. The fourth-order valence-corrected chi connectivity index (χ4v) is 6.22. The molecule has 0 unspecified atom stereocenters. The molecule has 8 rings (SSSR count). The predicted octanol–water partition coefficient (Wildman–Crippen LogP) is 9.47. The fourth-order valence-electron chi connectivity index (χ4n) is 6.22. The lowest BCUT2D eigenvalue weighted by molar-refractivity contribution is 0.0996. The summed E-state index contributed by atoms with van der Waals surface area (Å²) in [5.74, 6) is 0.191. The Bertz CT molecular complexity index is 2130. The maximum atomic E-state index is 13.3. The van der Waals surface area contributed by atoms with E-state index < -0.39 is 0 Å². The summed E-state index contributed by atoms with van der Waals surface area (Å²) in [6.07, 6.45) is 2.54. The van der Waals surface area contributed by atoms with E-state index in [9.17, 15) is 4.79 Å². The molecular weight excluding hydrogens is 448 g/mol. The maximum Gasteiger partial charge on any atom is 0.167 e. The molecule has 0 heterocycles. The van der Waals surface area contributed by atoms with Crippen molar-refractivity contribution >= 4 is 65.2 Å². The van der Waals surface area contributed by atoms with Crippen molar-refractivity contribution in [2.75, 3.05) is 0 Å². The number of carbonyl (C=O) groups excluding carboxylic acids is 1. The van der Waals surface area contributed by atoms with Gasteiger partial charge in [-0.25, -0.2) is 0 Å². The molecule has 0 aromatic heterocycles. The predicted molar refractivity (Wildman–Crippen MR) is 156 cm³/mol. The van der Waals surface area contributed by atoms with E-state index in [4.69, 9.17) is 0 Å². The van der Waals surface area contributed by atoms with E-state index in [-0.39, 0.29) is 5.78 Å². The van der Waals surface area contributed by atoms with E-state index in [0.29, 0.717) is 6.42 Å². The third kappa shape index (κ3) is 3.01. The summed E-state index contributed by atoms with van der Waals surface area (Å²) in [6.45, 7) is 0. The molecule has 7 aromatic rings. The SMILES string of the molecule is O=C1CC=C(c2cccc3c2ccc2cc4ccccc4cc23)c2ccc3cc4ccccc4cc3c21. The van der Waals surface area contributed by atoms with Crippen molar-refractivity contribution in [2.45, 2.75) is 6.42 Å². The molecule has 0 saturated heterocycles. The van der Waals surface area contributed by atoms with Gasteiger partial charge >= 0.3 is 0 Å². The quantitative estimate of drug-likeness (QED) is 0.172. The van der Waals surface area contributed by atoms with Crippen LogP contribution in [0.15, 0.2) is 121 Å². The van der Waals surface area contributed by atoms with Crippen molar-refractivity contribution < 1.29 is 4.79 Å². The first kappa shape index (κ1) is 20.4. The van der Waals surface area contributed by atoms with Crippen LogP contribution >= 0.6 is 0 Å². The van der Waals surface area contributed by atoms with Gasteiger partial charge in [-0.1, -0.05) is 97.1 Å². The number of Topliss-reactive ketones (excluding diaryl/α,β-unsaturated/α-hetero) is 1. The Morgan fingerprint density at radius 2 is 1.05 bits per heavy atom. The number of hydrogen-bond donors (Lipinski definition) is 0. The summed E-state index contributed by atoms with van der Waals surface area (Å²) >= 11 is 0. The molecule has 0 N–H and O–H groups in total. The Hall–Kier alpha value is -4.75. The number of allylic oxidation sites excluding steroid dienone is 1. The van der Waals surface area contributed by atoms with Crippen molar-refractivity contribution in [2.24, 2.45) is 0 Å². The van der Waals surface area contributed by atoms with Gasteiger partial charge in [0.2, 0.25) is 0 Å². The highest BCUT2D eigenvalue weighted by Gasteiger charge is 2.24. The average molecular weight is 471 g/mol. The Morgan fingerprint density at radius 1 is 0.432 bits per heavy atom. The molecule has 0 atom stereocenters.